The van der Waals surface area contributed by atoms with Gasteiger partial charge in [-0.05, 0) is 57.8 Å². The zero-order chi connectivity index (χ0) is 75.0. The maximum absolute atomic E-state index is 14.8. The summed E-state index contributed by atoms with van der Waals surface area (Å²) in [5.41, 5.74) is 0. The quantitative estimate of drug-likeness (QED) is 0.0143. The van der Waals surface area contributed by atoms with Crippen LogP contribution in [0.5, 0.6) is 0 Å². The van der Waals surface area contributed by atoms with E-state index in [0.717, 1.165) is 199 Å². The van der Waals surface area contributed by atoms with Crippen molar-refractivity contribution in [3.8, 4) is 0 Å². The molecule has 1 fully saturated rings. The van der Waals surface area contributed by atoms with Gasteiger partial charge in [-0.1, -0.05) is 311 Å². The molecule has 0 saturated carbocycles. The molecular formula is C81H153N2O18P. The minimum absolute atomic E-state index is 0.167. The van der Waals surface area contributed by atoms with Gasteiger partial charge in [-0.25, -0.2) is 4.57 Å². The van der Waals surface area contributed by atoms with Gasteiger partial charge in [0.25, 0.3) is 0 Å². The fraction of sp³-hybridized carbons (Fsp3) is 0.926. The van der Waals surface area contributed by atoms with Crippen LogP contribution < -0.4 is 10.6 Å². The molecule has 0 aromatic heterocycles. The molecule has 102 heavy (non-hydrogen) atoms. The number of rotatable bonds is 73. The highest BCUT2D eigenvalue weighted by molar-refractivity contribution is 7.46. The second-order valence-corrected chi connectivity index (χ2v) is 30.8. The number of ether oxygens (including phenoxy) is 6. The Morgan fingerprint density at radius 2 is 0.716 bits per heavy atom. The third kappa shape index (κ3) is 56.1. The van der Waals surface area contributed by atoms with Crippen LogP contribution in [0.1, 0.15) is 408 Å². The zero-order valence-electron chi connectivity index (χ0n) is 65.6. The number of carbonyl (C=O) groups excluding carboxylic acids is 6. The summed E-state index contributed by atoms with van der Waals surface area (Å²) in [6, 6.07) is -2.72. The summed E-state index contributed by atoms with van der Waals surface area (Å²) in [6.45, 7) is 11.0. The number of phosphoric ester groups is 1. The van der Waals surface area contributed by atoms with Crippen molar-refractivity contribution in [2.45, 2.75) is 463 Å². The number of aliphatic hydroxyl groups excluding tert-OH is 2. The van der Waals surface area contributed by atoms with E-state index in [0.29, 0.717) is 51.4 Å². The summed E-state index contributed by atoms with van der Waals surface area (Å²) < 4.78 is 54.1. The van der Waals surface area contributed by atoms with Crippen LogP contribution in [0.3, 0.4) is 0 Å². The van der Waals surface area contributed by atoms with Crippen LogP contribution in [-0.4, -0.2) is 131 Å². The molecule has 0 aromatic rings. The molecule has 1 aliphatic heterocycles. The molecule has 1 rings (SSSR count). The largest absolute Gasteiger partial charge is 0.469 e. The second kappa shape index (κ2) is 67.1. The van der Waals surface area contributed by atoms with Gasteiger partial charge in [0.05, 0.1) is 45.1 Å². The second-order valence-electron chi connectivity index (χ2n) is 29.6. The minimum atomic E-state index is -5.22. The first-order valence-corrected chi connectivity index (χ1v) is 43.6. The lowest BCUT2D eigenvalue weighted by molar-refractivity contribution is -0.274. The number of hydrogen-bond donors (Lipinski definition) is 6. The van der Waals surface area contributed by atoms with E-state index < -0.39 is 119 Å². The molecule has 600 valence electrons. The third-order valence-corrected chi connectivity index (χ3v) is 20.2. The number of hydrogen-bond acceptors (Lipinski definition) is 16. The lowest BCUT2D eigenvalue weighted by Gasteiger charge is -2.44. The Bertz CT molecular complexity index is 2080. The smallest absolute Gasteiger partial charge is 0.462 e. The normalized spacial score (nSPS) is 17.4. The summed E-state index contributed by atoms with van der Waals surface area (Å²) >= 11 is 0. The van der Waals surface area contributed by atoms with Gasteiger partial charge in [-0.2, -0.15) is 0 Å². The number of phosphoric acid groups is 1. The maximum Gasteiger partial charge on any atom is 0.469 e. The predicted octanol–water partition coefficient (Wildman–Crippen LogP) is 19.2. The Morgan fingerprint density at radius 1 is 0.412 bits per heavy atom. The van der Waals surface area contributed by atoms with Gasteiger partial charge < -0.3 is 59.1 Å². The molecule has 9 atom stereocenters. The Hall–Kier alpha value is -3.23. The van der Waals surface area contributed by atoms with E-state index >= 15 is 0 Å². The SMILES string of the molecule is CCCCCCCCCCC[C@H](CC(=O)N[C@@H](CO)COC1O[C@H](COP(=O)(O)O)[C@@H](O)[C@H](OC(=O)C[C@@H](CCCCCCCCCCC)OC(=O)CCCCCCCCC)[C@H]1NC(=O)C[C@@H](CCCCCCCCCCC)OC(=O)CCCCCCCCC)OC(=O)CCCCCCCCC. The predicted molar refractivity (Wildman–Crippen MR) is 406 cm³/mol. The highest BCUT2D eigenvalue weighted by Crippen LogP contribution is 2.38. The van der Waals surface area contributed by atoms with E-state index in [1.54, 1.807) is 0 Å². The highest BCUT2D eigenvalue weighted by Gasteiger charge is 2.50. The number of esters is 4. The fourth-order valence-electron chi connectivity index (χ4n) is 13.4. The zero-order valence-corrected chi connectivity index (χ0v) is 66.5. The van der Waals surface area contributed by atoms with Gasteiger partial charge in [-0.15, -0.1) is 0 Å². The average molecular weight is 1470 g/mol. The van der Waals surface area contributed by atoms with Crippen LogP contribution in [0.4, 0.5) is 0 Å². The Kier molecular flexibility index (Phi) is 63.7. The third-order valence-electron chi connectivity index (χ3n) is 19.7. The molecular weight excluding hydrogens is 1320 g/mol. The van der Waals surface area contributed by atoms with Crippen molar-refractivity contribution in [3.63, 3.8) is 0 Å². The number of unbranched alkanes of at least 4 members (excludes halogenated alkanes) is 42. The van der Waals surface area contributed by atoms with Crippen molar-refractivity contribution < 1.29 is 86.3 Å². The molecule has 2 amide bonds. The van der Waals surface area contributed by atoms with Gasteiger partial charge in [0.2, 0.25) is 11.8 Å². The Morgan fingerprint density at radius 3 is 1.04 bits per heavy atom. The van der Waals surface area contributed by atoms with Crippen molar-refractivity contribution >= 4 is 43.5 Å². The van der Waals surface area contributed by atoms with Crippen LogP contribution in [-0.2, 0) is 66.3 Å². The first-order chi connectivity index (χ1) is 49.4. The van der Waals surface area contributed by atoms with Crippen LogP contribution in [0.2, 0.25) is 0 Å². The monoisotopic (exact) mass is 1470 g/mol. The lowest BCUT2D eigenvalue weighted by Crippen LogP contribution is -2.66. The summed E-state index contributed by atoms with van der Waals surface area (Å²) in [6.07, 6.45) is 41.1. The molecule has 0 spiro atoms. The van der Waals surface area contributed by atoms with E-state index in [-0.39, 0.29) is 38.1 Å². The van der Waals surface area contributed by atoms with E-state index in [1.165, 1.54) is 77.0 Å². The molecule has 1 unspecified atom stereocenters. The number of amides is 2. The average Bonchev–Trinajstić information content (AvgIpc) is 0.791. The van der Waals surface area contributed by atoms with Gasteiger partial charge in [0, 0.05) is 19.3 Å². The molecule has 0 aromatic carbocycles. The highest BCUT2D eigenvalue weighted by atomic mass is 31.2. The molecule has 20 nitrogen and oxygen atoms in total. The summed E-state index contributed by atoms with van der Waals surface area (Å²) in [5.74, 6) is -3.39. The van der Waals surface area contributed by atoms with Crippen molar-refractivity contribution in [1.29, 1.82) is 0 Å². The molecule has 6 N–H and O–H groups in total. The van der Waals surface area contributed by atoms with Crippen molar-refractivity contribution in [2.75, 3.05) is 19.8 Å². The number of aliphatic hydroxyl groups is 2. The van der Waals surface area contributed by atoms with E-state index in [9.17, 15) is 53.3 Å². The van der Waals surface area contributed by atoms with E-state index in [1.807, 2.05) is 0 Å². The topological polar surface area (TPSA) is 289 Å². The number of nitrogens with one attached hydrogen (secondary N) is 2. The van der Waals surface area contributed by atoms with Crippen LogP contribution in [0.25, 0.3) is 0 Å². The van der Waals surface area contributed by atoms with Crippen LogP contribution in [0.15, 0.2) is 0 Å². The summed E-state index contributed by atoms with van der Waals surface area (Å²) in [4.78, 5) is 104. The van der Waals surface area contributed by atoms with Crippen molar-refractivity contribution in [3.05, 3.63) is 0 Å². The van der Waals surface area contributed by atoms with Gasteiger partial charge in [-0.3, -0.25) is 33.3 Å². The van der Waals surface area contributed by atoms with E-state index in [2.05, 4.69) is 52.2 Å². The number of carbonyl (C=O) groups is 6. The fourth-order valence-corrected chi connectivity index (χ4v) is 13.8. The minimum Gasteiger partial charge on any atom is -0.462 e. The van der Waals surface area contributed by atoms with Crippen LogP contribution in [0, 0.1) is 0 Å². The summed E-state index contributed by atoms with van der Waals surface area (Å²) in [5, 5.41) is 28.8. The molecule has 1 saturated heterocycles. The molecule has 0 aliphatic carbocycles. The van der Waals surface area contributed by atoms with Crippen molar-refractivity contribution in [2.24, 2.45) is 0 Å². The maximum atomic E-state index is 14.8. The van der Waals surface area contributed by atoms with Gasteiger partial charge in [0.15, 0.2) is 12.4 Å². The van der Waals surface area contributed by atoms with E-state index in [4.69, 9.17) is 32.9 Å². The standard InChI is InChI=1S/C81H153N2O18P/c1-7-13-19-25-31-34-40-43-49-55-68(97-74(87)58-52-46-37-28-22-16-10-4)61-72(85)82-67(64-84)65-95-81-78(83-73(86)62-69(56-50-44-41-35-32-26-20-14-8-2)98-75(88)59-53-47-38-29-23-17-11-5)80(79(91)71(100-81)66-96-102(92,93)94)101-77(90)63-70(57-51-45-42-36-33-27-21-15-9-3)99-76(89)60-54-48-39-30-24-18-12-6/h67-71,78-81,84,91H,7-66H2,1-6H3,(H,82,85)(H,83,86)(H2,92,93,94)/t67-,68+,69+,70+,71+,78+,79+,80+,81?/m0/s1. The summed E-state index contributed by atoms with van der Waals surface area (Å²) in [7, 11) is -5.22. The first kappa shape index (κ1) is 96.8. The molecule has 1 heterocycles. The van der Waals surface area contributed by atoms with Crippen molar-refractivity contribution in [1.82, 2.24) is 10.6 Å². The Balaban J connectivity index is 3.77. The van der Waals surface area contributed by atoms with Gasteiger partial charge >= 0.3 is 31.7 Å². The lowest BCUT2D eigenvalue weighted by atomic mass is 9.96. The van der Waals surface area contributed by atoms with Gasteiger partial charge in [0.1, 0.15) is 36.6 Å². The molecule has 0 bridgehead atoms. The molecule has 0 radical (unpaired) electrons. The first-order valence-electron chi connectivity index (χ1n) is 42.1. The molecule has 21 heteroatoms. The van der Waals surface area contributed by atoms with Crippen LogP contribution >= 0.6 is 7.82 Å². The molecule has 1 aliphatic rings. The Labute approximate surface area is 620 Å².